The molecule has 0 N–H and O–H groups in total. The van der Waals surface area contributed by atoms with E-state index in [2.05, 4.69) is 41.0 Å². The van der Waals surface area contributed by atoms with E-state index in [4.69, 9.17) is 0 Å². The summed E-state index contributed by atoms with van der Waals surface area (Å²) in [6.07, 6.45) is 9.50. The van der Waals surface area contributed by atoms with Crippen LogP contribution in [0.5, 0.6) is 0 Å². The summed E-state index contributed by atoms with van der Waals surface area (Å²) in [6.45, 7) is 7.70. The van der Waals surface area contributed by atoms with Crippen LogP contribution in [0.4, 0.5) is 0 Å². The number of carbonyl (C=O) groups is 1. The van der Waals surface area contributed by atoms with Crippen molar-refractivity contribution < 1.29 is 4.79 Å². The van der Waals surface area contributed by atoms with E-state index in [9.17, 15) is 4.79 Å². The van der Waals surface area contributed by atoms with Crippen LogP contribution in [0.1, 0.15) is 56.6 Å². The second kappa shape index (κ2) is 9.61. The fourth-order valence-corrected chi connectivity index (χ4v) is 5.77. The van der Waals surface area contributed by atoms with Crippen LogP contribution in [-0.2, 0) is 17.6 Å². The van der Waals surface area contributed by atoms with Gasteiger partial charge < -0.3 is 4.90 Å². The summed E-state index contributed by atoms with van der Waals surface area (Å²) in [5.74, 6) is 0.595. The molecule has 160 valence electrons. The number of amides is 1. The molecule has 0 bridgehead atoms. The molecule has 0 radical (unpaired) electrons. The van der Waals surface area contributed by atoms with Gasteiger partial charge in [0.25, 0.3) is 0 Å². The smallest absolute Gasteiger partial charge is 0.226 e. The lowest BCUT2D eigenvalue weighted by molar-refractivity contribution is -0.136. The first-order valence-corrected chi connectivity index (χ1v) is 12.0. The monoisotopic (exact) mass is 397 g/mol. The maximum Gasteiger partial charge on any atom is 0.226 e. The zero-order chi connectivity index (χ0) is 20.2. The van der Waals surface area contributed by atoms with E-state index in [1.54, 1.807) is 11.1 Å². The summed E-state index contributed by atoms with van der Waals surface area (Å²) in [5.41, 5.74) is 3.12. The Morgan fingerprint density at radius 1 is 1.00 bits per heavy atom. The van der Waals surface area contributed by atoms with Crippen molar-refractivity contribution in [1.82, 2.24) is 14.7 Å². The van der Waals surface area contributed by atoms with Gasteiger partial charge in [-0.25, -0.2) is 0 Å². The van der Waals surface area contributed by atoms with Gasteiger partial charge in [-0.05, 0) is 75.7 Å². The zero-order valence-electron chi connectivity index (χ0n) is 18.5. The van der Waals surface area contributed by atoms with Crippen molar-refractivity contribution in [2.45, 2.75) is 70.4 Å². The first-order chi connectivity index (χ1) is 14.2. The highest BCUT2D eigenvalue weighted by Gasteiger charge is 2.35. The Morgan fingerprint density at radius 2 is 1.69 bits per heavy atom. The zero-order valence-corrected chi connectivity index (χ0v) is 18.5. The van der Waals surface area contributed by atoms with E-state index in [-0.39, 0.29) is 5.92 Å². The Labute approximate surface area is 177 Å². The van der Waals surface area contributed by atoms with Crippen molar-refractivity contribution in [3.63, 3.8) is 0 Å². The van der Waals surface area contributed by atoms with E-state index < -0.39 is 0 Å². The minimum absolute atomic E-state index is 0.216. The molecule has 0 saturated carbocycles. The van der Waals surface area contributed by atoms with Crippen molar-refractivity contribution in [3.05, 3.63) is 35.4 Å². The van der Waals surface area contributed by atoms with E-state index in [1.165, 1.54) is 51.7 Å². The molecule has 4 rings (SSSR count). The van der Waals surface area contributed by atoms with E-state index in [0.29, 0.717) is 18.0 Å². The van der Waals surface area contributed by atoms with Gasteiger partial charge in [0, 0.05) is 32.2 Å². The van der Waals surface area contributed by atoms with Gasteiger partial charge >= 0.3 is 0 Å². The highest BCUT2D eigenvalue weighted by atomic mass is 16.2. The summed E-state index contributed by atoms with van der Waals surface area (Å²) in [6, 6.07) is 10.4. The van der Waals surface area contributed by atoms with E-state index in [1.807, 2.05) is 11.9 Å². The quantitative estimate of drug-likeness (QED) is 0.734. The number of piperidine rings is 2. The molecule has 0 spiro atoms. The molecule has 1 amide bonds. The third kappa shape index (κ3) is 4.86. The third-order valence-corrected chi connectivity index (χ3v) is 7.59. The average Bonchev–Trinajstić information content (AvgIpc) is 3.21. The Morgan fingerprint density at radius 3 is 2.34 bits per heavy atom. The van der Waals surface area contributed by atoms with Gasteiger partial charge in [-0.1, -0.05) is 37.6 Å². The van der Waals surface area contributed by atoms with Crippen LogP contribution in [-0.4, -0.2) is 72.5 Å². The van der Waals surface area contributed by atoms with Gasteiger partial charge in [-0.2, -0.15) is 0 Å². The summed E-state index contributed by atoms with van der Waals surface area (Å²) in [4.78, 5) is 20.2. The Balaban J connectivity index is 1.26. The van der Waals surface area contributed by atoms with Crippen molar-refractivity contribution >= 4 is 5.91 Å². The largest absolute Gasteiger partial charge is 0.345 e. The van der Waals surface area contributed by atoms with Crippen LogP contribution in [0.25, 0.3) is 0 Å². The number of unbranched alkanes of at least 4 members (excludes halogenated alkanes) is 1. The second-order valence-electron chi connectivity index (χ2n) is 9.55. The first-order valence-electron chi connectivity index (χ1n) is 12.0. The number of benzene rings is 1. The van der Waals surface area contributed by atoms with Crippen LogP contribution in [0.2, 0.25) is 0 Å². The first kappa shape index (κ1) is 20.9. The fourth-order valence-electron chi connectivity index (χ4n) is 5.77. The number of likely N-dealkylation sites (tertiary alicyclic amines) is 2. The molecular formula is C25H39N3O. The Bertz CT molecular complexity index is 657. The number of fused-ring (bicyclic) bond motifs is 1. The number of hydrogen-bond acceptors (Lipinski definition) is 3. The van der Waals surface area contributed by atoms with Crippen LogP contribution in [0, 0.1) is 5.92 Å². The van der Waals surface area contributed by atoms with Gasteiger partial charge in [-0.3, -0.25) is 14.6 Å². The fraction of sp³-hybridized carbons (Fsp3) is 0.720. The predicted octanol–water partition coefficient (Wildman–Crippen LogP) is 3.59. The SMILES string of the molecule is CCCCN(C)C(=O)[C@H]1CCCN(C2CCN(C3Cc4ccccc4C3)CC2)C1. The van der Waals surface area contributed by atoms with Crippen LogP contribution < -0.4 is 0 Å². The molecule has 29 heavy (non-hydrogen) atoms. The van der Waals surface area contributed by atoms with Gasteiger partial charge in [0.1, 0.15) is 0 Å². The van der Waals surface area contributed by atoms with Crippen molar-refractivity contribution in [1.29, 1.82) is 0 Å². The van der Waals surface area contributed by atoms with Crippen molar-refractivity contribution in [3.8, 4) is 0 Å². The maximum atomic E-state index is 12.9. The maximum absolute atomic E-state index is 12.9. The molecule has 1 atom stereocenters. The normalized spacial score (nSPS) is 24.6. The lowest BCUT2D eigenvalue weighted by atomic mass is 9.92. The lowest BCUT2D eigenvalue weighted by Gasteiger charge is -2.43. The number of nitrogens with zero attached hydrogens (tertiary/aromatic N) is 3. The molecule has 1 aromatic rings. The molecule has 2 fully saturated rings. The minimum Gasteiger partial charge on any atom is -0.345 e. The highest BCUT2D eigenvalue weighted by molar-refractivity contribution is 5.78. The standard InChI is InChI=1S/C25H39N3O/c1-3-4-13-26(2)25(29)22-10-7-14-28(19-22)23-11-15-27(16-12-23)24-17-20-8-5-6-9-21(20)18-24/h5-6,8-9,22-24H,3-4,7,10-19H2,1-2H3/t22-/m0/s1. The van der Waals surface area contributed by atoms with Gasteiger partial charge in [-0.15, -0.1) is 0 Å². The van der Waals surface area contributed by atoms with Gasteiger partial charge in [0.05, 0.1) is 5.92 Å². The molecule has 4 nitrogen and oxygen atoms in total. The third-order valence-electron chi connectivity index (χ3n) is 7.59. The van der Waals surface area contributed by atoms with Crippen molar-refractivity contribution in [2.24, 2.45) is 5.92 Å². The molecule has 2 saturated heterocycles. The van der Waals surface area contributed by atoms with Gasteiger partial charge in [0.15, 0.2) is 0 Å². The molecule has 0 unspecified atom stereocenters. The molecular weight excluding hydrogens is 358 g/mol. The Kier molecular flexibility index (Phi) is 6.92. The molecule has 3 aliphatic rings. The highest BCUT2D eigenvalue weighted by Crippen LogP contribution is 2.30. The van der Waals surface area contributed by atoms with Crippen LogP contribution >= 0.6 is 0 Å². The summed E-state index contributed by atoms with van der Waals surface area (Å²) >= 11 is 0. The summed E-state index contributed by atoms with van der Waals surface area (Å²) < 4.78 is 0. The number of rotatable bonds is 6. The van der Waals surface area contributed by atoms with E-state index >= 15 is 0 Å². The molecule has 2 heterocycles. The Hall–Kier alpha value is -1.39. The second-order valence-corrected chi connectivity index (χ2v) is 9.55. The lowest BCUT2D eigenvalue weighted by Crippen LogP contribution is -2.52. The summed E-state index contributed by atoms with van der Waals surface area (Å²) in [7, 11) is 2.00. The summed E-state index contributed by atoms with van der Waals surface area (Å²) in [5, 5.41) is 0. The molecule has 1 aliphatic carbocycles. The van der Waals surface area contributed by atoms with E-state index in [0.717, 1.165) is 32.4 Å². The number of carbonyl (C=O) groups excluding carboxylic acids is 1. The topological polar surface area (TPSA) is 26.8 Å². The molecule has 4 heteroatoms. The van der Waals surface area contributed by atoms with Crippen LogP contribution in [0.15, 0.2) is 24.3 Å². The van der Waals surface area contributed by atoms with Crippen molar-refractivity contribution in [2.75, 3.05) is 39.8 Å². The predicted molar refractivity (Wildman–Crippen MR) is 119 cm³/mol. The molecule has 0 aromatic heterocycles. The minimum atomic E-state index is 0.216. The number of hydrogen-bond donors (Lipinski definition) is 0. The molecule has 1 aromatic carbocycles. The van der Waals surface area contributed by atoms with Crippen LogP contribution in [0.3, 0.4) is 0 Å². The molecule has 2 aliphatic heterocycles. The van der Waals surface area contributed by atoms with Gasteiger partial charge in [0.2, 0.25) is 5.91 Å². The average molecular weight is 398 g/mol.